The van der Waals surface area contributed by atoms with Gasteiger partial charge in [-0.1, -0.05) is 6.07 Å². The van der Waals surface area contributed by atoms with Crippen LogP contribution < -0.4 is 11.1 Å². The Kier molecular flexibility index (Phi) is 5.96. The summed E-state index contributed by atoms with van der Waals surface area (Å²) in [4.78, 5) is 19.7. The Morgan fingerprint density at radius 3 is 2.84 bits per heavy atom. The van der Waals surface area contributed by atoms with Gasteiger partial charge in [0.25, 0.3) is 5.91 Å². The third-order valence-corrected chi connectivity index (χ3v) is 3.23. The number of carbonyl (C=O) groups excluding carboxylic acids is 1. The number of benzene rings is 1. The summed E-state index contributed by atoms with van der Waals surface area (Å²) in [5, 5.41) is 11.4. The number of hydrogen-bond acceptors (Lipinski definition) is 5. The molecule has 0 saturated heterocycles. The monoisotopic (exact) mass is 337 g/mol. The summed E-state index contributed by atoms with van der Waals surface area (Å²) in [6, 6.07) is 9.48. The molecule has 1 amide bonds. The average Bonchev–Trinajstić information content (AvgIpc) is 2.60. The molecule has 0 atom stereocenters. The number of carbonyl (C=O) groups is 1. The molecule has 1 aromatic carbocycles. The number of pyridine rings is 1. The summed E-state index contributed by atoms with van der Waals surface area (Å²) in [6.07, 6.45) is 4.79. The molecular formula is C18H16FN5O. The molecule has 0 spiro atoms. The van der Waals surface area contributed by atoms with Gasteiger partial charge in [0.2, 0.25) is 0 Å². The van der Waals surface area contributed by atoms with Gasteiger partial charge in [-0.25, -0.2) is 9.37 Å². The van der Waals surface area contributed by atoms with Gasteiger partial charge in [-0.15, -0.1) is 0 Å². The first-order valence-corrected chi connectivity index (χ1v) is 7.35. The number of aromatic nitrogens is 1. The molecule has 1 heterocycles. The molecule has 126 valence electrons. The van der Waals surface area contributed by atoms with Crippen molar-refractivity contribution in [1.29, 1.82) is 5.26 Å². The Morgan fingerprint density at radius 2 is 2.20 bits per heavy atom. The molecule has 0 saturated carbocycles. The van der Waals surface area contributed by atoms with E-state index in [1.54, 1.807) is 31.4 Å². The predicted molar refractivity (Wildman–Crippen MR) is 93.5 cm³/mol. The van der Waals surface area contributed by atoms with E-state index in [2.05, 4.69) is 15.3 Å². The summed E-state index contributed by atoms with van der Waals surface area (Å²) in [6.45, 7) is 0. The molecule has 1 aromatic heterocycles. The number of aliphatic imine (C=N–C) groups is 1. The normalized spacial score (nSPS) is 11.3. The maximum Gasteiger partial charge on any atom is 0.272 e. The molecule has 0 aliphatic rings. The minimum atomic E-state index is -0.482. The van der Waals surface area contributed by atoms with Crippen LogP contribution in [0.15, 0.2) is 53.3 Å². The van der Waals surface area contributed by atoms with Gasteiger partial charge < -0.3 is 11.1 Å². The molecule has 0 bridgehead atoms. The molecule has 0 aliphatic carbocycles. The third-order valence-electron chi connectivity index (χ3n) is 3.23. The zero-order chi connectivity index (χ0) is 18.2. The van der Waals surface area contributed by atoms with Crippen LogP contribution in [0.4, 0.5) is 10.2 Å². The molecule has 2 aromatic rings. The maximum atomic E-state index is 13.4. The molecule has 25 heavy (non-hydrogen) atoms. The van der Waals surface area contributed by atoms with Gasteiger partial charge in [-0.2, -0.15) is 5.26 Å². The van der Waals surface area contributed by atoms with E-state index in [-0.39, 0.29) is 11.3 Å². The summed E-state index contributed by atoms with van der Waals surface area (Å²) >= 11 is 0. The van der Waals surface area contributed by atoms with Gasteiger partial charge in [0.15, 0.2) is 0 Å². The van der Waals surface area contributed by atoms with E-state index in [1.165, 1.54) is 24.4 Å². The zero-order valence-electron chi connectivity index (χ0n) is 13.5. The first-order chi connectivity index (χ1) is 12.0. The van der Waals surface area contributed by atoms with E-state index in [0.29, 0.717) is 17.8 Å². The summed E-state index contributed by atoms with van der Waals surface area (Å²) in [5.74, 6) is -0.594. The van der Waals surface area contributed by atoms with Crippen molar-refractivity contribution in [1.82, 2.24) is 4.98 Å². The second-order valence-corrected chi connectivity index (χ2v) is 5.17. The van der Waals surface area contributed by atoms with Gasteiger partial charge in [-0.05, 0) is 47.9 Å². The fourth-order valence-electron chi connectivity index (χ4n) is 2.07. The lowest BCUT2D eigenvalue weighted by molar-refractivity contribution is -0.112. The van der Waals surface area contributed by atoms with Crippen molar-refractivity contribution in [3.05, 3.63) is 70.8 Å². The van der Waals surface area contributed by atoms with E-state index in [1.807, 2.05) is 6.07 Å². The zero-order valence-corrected chi connectivity index (χ0v) is 13.5. The number of allylic oxidation sites excluding steroid dienone is 1. The van der Waals surface area contributed by atoms with Crippen molar-refractivity contribution in [2.45, 2.75) is 6.42 Å². The first kappa shape index (κ1) is 17.8. The predicted octanol–water partition coefficient (Wildman–Crippen LogP) is 2.16. The Bertz CT molecular complexity index is 866. The highest BCUT2D eigenvalue weighted by atomic mass is 19.1. The maximum absolute atomic E-state index is 13.4. The van der Waals surface area contributed by atoms with Crippen LogP contribution in [0.5, 0.6) is 0 Å². The van der Waals surface area contributed by atoms with Gasteiger partial charge in [0.1, 0.15) is 11.6 Å². The van der Waals surface area contributed by atoms with Crippen molar-refractivity contribution in [2.75, 3.05) is 12.4 Å². The Labute approximate surface area is 144 Å². The lowest BCUT2D eigenvalue weighted by Crippen LogP contribution is -2.20. The first-order valence-electron chi connectivity index (χ1n) is 7.35. The van der Waals surface area contributed by atoms with E-state index < -0.39 is 11.7 Å². The van der Waals surface area contributed by atoms with Crippen LogP contribution in [0.25, 0.3) is 0 Å². The van der Waals surface area contributed by atoms with Crippen LogP contribution in [0.2, 0.25) is 0 Å². The van der Waals surface area contributed by atoms with Crippen molar-refractivity contribution in [3.8, 4) is 6.07 Å². The number of nitriles is 1. The highest BCUT2D eigenvalue weighted by Crippen LogP contribution is 2.14. The number of nitrogens with one attached hydrogen (secondary N) is 1. The number of nitrogens with zero attached hydrogens (tertiary/aromatic N) is 3. The van der Waals surface area contributed by atoms with E-state index in [0.717, 1.165) is 5.56 Å². The van der Waals surface area contributed by atoms with Crippen molar-refractivity contribution >= 4 is 17.9 Å². The fraction of sp³-hybridized carbons (Fsp3) is 0.111. The molecule has 0 unspecified atom stereocenters. The quantitative estimate of drug-likeness (QED) is 0.644. The SMILES string of the molecule is CN=CC=C(N)C(=O)Nc1ccc(Cc2cc(F)cc(C#N)c2)cn1. The molecule has 2 rings (SSSR count). The molecule has 3 N–H and O–H groups in total. The highest BCUT2D eigenvalue weighted by molar-refractivity contribution is 6.04. The minimum absolute atomic E-state index is 0.0141. The number of halogens is 1. The number of rotatable bonds is 5. The van der Waals surface area contributed by atoms with Gasteiger partial charge in [-0.3, -0.25) is 9.79 Å². The number of hydrogen-bond donors (Lipinski definition) is 2. The molecule has 7 heteroatoms. The second kappa shape index (κ2) is 8.36. The molecular weight excluding hydrogens is 321 g/mol. The van der Waals surface area contributed by atoms with Crippen LogP contribution in [-0.2, 0) is 11.2 Å². The summed E-state index contributed by atoms with van der Waals surface area (Å²) in [5.41, 5.74) is 7.36. The smallest absolute Gasteiger partial charge is 0.272 e. The average molecular weight is 337 g/mol. The van der Waals surface area contributed by atoms with Crippen molar-refractivity contribution in [3.63, 3.8) is 0 Å². The van der Waals surface area contributed by atoms with Crippen LogP contribution in [0.3, 0.4) is 0 Å². The largest absolute Gasteiger partial charge is 0.394 e. The fourth-order valence-corrected chi connectivity index (χ4v) is 2.07. The molecule has 6 nitrogen and oxygen atoms in total. The summed E-state index contributed by atoms with van der Waals surface area (Å²) < 4.78 is 13.4. The number of anilines is 1. The highest BCUT2D eigenvalue weighted by Gasteiger charge is 2.07. The van der Waals surface area contributed by atoms with Gasteiger partial charge >= 0.3 is 0 Å². The Morgan fingerprint density at radius 1 is 1.40 bits per heavy atom. The van der Waals surface area contributed by atoms with E-state index >= 15 is 0 Å². The topological polar surface area (TPSA) is 104 Å². The lowest BCUT2D eigenvalue weighted by atomic mass is 10.0. The van der Waals surface area contributed by atoms with Gasteiger partial charge in [0.05, 0.1) is 17.3 Å². The molecule has 0 aliphatic heterocycles. The second-order valence-electron chi connectivity index (χ2n) is 5.17. The summed E-state index contributed by atoms with van der Waals surface area (Å²) in [7, 11) is 1.57. The lowest BCUT2D eigenvalue weighted by Gasteiger charge is -2.06. The van der Waals surface area contributed by atoms with Gasteiger partial charge in [0, 0.05) is 19.5 Å². The van der Waals surface area contributed by atoms with E-state index in [9.17, 15) is 9.18 Å². The van der Waals surface area contributed by atoms with Crippen molar-refractivity contribution < 1.29 is 9.18 Å². The molecule has 0 fully saturated rings. The van der Waals surface area contributed by atoms with Crippen LogP contribution in [0, 0.1) is 17.1 Å². The number of amides is 1. The van der Waals surface area contributed by atoms with Crippen molar-refractivity contribution in [2.24, 2.45) is 10.7 Å². The molecule has 0 radical (unpaired) electrons. The van der Waals surface area contributed by atoms with E-state index in [4.69, 9.17) is 11.0 Å². The van der Waals surface area contributed by atoms with Crippen LogP contribution in [0.1, 0.15) is 16.7 Å². The standard InChI is InChI=1S/C18H16FN5O/c1-22-5-4-16(21)18(25)24-17-3-2-12(11-23-17)6-13-7-14(10-20)9-15(19)8-13/h2-5,7-9,11H,6,21H2,1H3,(H,23,24,25). The Balaban J connectivity index is 2.06. The third kappa shape index (κ3) is 5.25. The number of nitrogens with two attached hydrogens (primary N) is 1. The van der Waals surface area contributed by atoms with Crippen LogP contribution >= 0.6 is 0 Å². The van der Waals surface area contributed by atoms with Crippen LogP contribution in [-0.4, -0.2) is 24.2 Å². The minimum Gasteiger partial charge on any atom is -0.394 e. The Hall–Kier alpha value is -3.53.